The van der Waals surface area contributed by atoms with Crippen LogP contribution in [0.4, 0.5) is 0 Å². The molecular formula is C12H18O. The molecule has 1 aliphatic rings. The molecule has 0 aromatic rings. The maximum Gasteiger partial charge on any atom is 0.139 e. The fourth-order valence-corrected chi connectivity index (χ4v) is 2.33. The van der Waals surface area contributed by atoms with Crippen molar-refractivity contribution in [2.24, 2.45) is 5.41 Å². The first kappa shape index (κ1) is 10.3. The molecule has 72 valence electrons. The van der Waals surface area contributed by atoms with Crippen molar-refractivity contribution in [2.45, 2.75) is 51.9 Å². The summed E-state index contributed by atoms with van der Waals surface area (Å²) in [5.74, 6) is 2.95. The van der Waals surface area contributed by atoms with Crippen molar-refractivity contribution in [1.82, 2.24) is 0 Å². The Balaban J connectivity index is 2.55. The number of terminal acetylenes is 1. The Morgan fingerprint density at radius 3 is 2.54 bits per heavy atom. The molecule has 1 saturated carbocycles. The van der Waals surface area contributed by atoms with E-state index < -0.39 is 0 Å². The summed E-state index contributed by atoms with van der Waals surface area (Å²) in [4.78, 5) is 11.9. The van der Waals surface area contributed by atoms with Crippen molar-refractivity contribution in [3.63, 3.8) is 0 Å². The molecule has 1 rings (SSSR count). The molecule has 0 radical (unpaired) electrons. The van der Waals surface area contributed by atoms with Crippen LogP contribution in [0.1, 0.15) is 51.9 Å². The Hall–Kier alpha value is -0.770. The van der Waals surface area contributed by atoms with Crippen molar-refractivity contribution in [1.29, 1.82) is 0 Å². The smallest absolute Gasteiger partial charge is 0.139 e. The molecule has 0 aromatic carbocycles. The third-order valence-corrected chi connectivity index (χ3v) is 3.33. The van der Waals surface area contributed by atoms with Crippen LogP contribution in [0.5, 0.6) is 0 Å². The molecule has 0 unspecified atom stereocenters. The number of Topliss-reactive ketones (excluding diaryl/α,β-unsaturated/α-hetero) is 1. The molecule has 1 fully saturated rings. The molecule has 0 aromatic heterocycles. The second-order valence-corrected chi connectivity index (χ2v) is 3.97. The Morgan fingerprint density at radius 2 is 2.08 bits per heavy atom. The van der Waals surface area contributed by atoms with Gasteiger partial charge in [0.1, 0.15) is 5.78 Å². The Morgan fingerprint density at radius 1 is 1.46 bits per heavy atom. The van der Waals surface area contributed by atoms with Crippen molar-refractivity contribution < 1.29 is 4.79 Å². The number of ketones is 1. The third-order valence-electron chi connectivity index (χ3n) is 3.33. The molecule has 1 aliphatic carbocycles. The van der Waals surface area contributed by atoms with Gasteiger partial charge in [0.2, 0.25) is 0 Å². The summed E-state index contributed by atoms with van der Waals surface area (Å²) < 4.78 is 0. The van der Waals surface area contributed by atoms with E-state index >= 15 is 0 Å². The van der Waals surface area contributed by atoms with Crippen LogP contribution < -0.4 is 0 Å². The molecule has 0 saturated heterocycles. The highest BCUT2D eigenvalue weighted by Crippen LogP contribution is 2.42. The highest BCUT2D eigenvalue weighted by Gasteiger charge is 2.37. The Kier molecular flexibility index (Phi) is 3.54. The zero-order chi connectivity index (χ0) is 9.73. The molecule has 1 heteroatoms. The second-order valence-electron chi connectivity index (χ2n) is 3.97. The second kappa shape index (κ2) is 4.46. The van der Waals surface area contributed by atoms with E-state index in [1.807, 2.05) is 0 Å². The minimum atomic E-state index is 0.0108. The van der Waals surface area contributed by atoms with Gasteiger partial charge in [0.15, 0.2) is 0 Å². The first-order valence-electron chi connectivity index (χ1n) is 5.22. The SMILES string of the molecule is C#CCCC(=O)C1(CC)CCCC1. The van der Waals surface area contributed by atoms with Gasteiger partial charge >= 0.3 is 0 Å². The van der Waals surface area contributed by atoms with Crippen LogP contribution in [0.15, 0.2) is 0 Å². The van der Waals surface area contributed by atoms with Gasteiger partial charge in [-0.15, -0.1) is 12.3 Å². The van der Waals surface area contributed by atoms with Crippen LogP contribution in [0.25, 0.3) is 0 Å². The fraction of sp³-hybridized carbons (Fsp3) is 0.750. The molecule has 0 amide bonds. The van der Waals surface area contributed by atoms with Gasteiger partial charge < -0.3 is 0 Å². The van der Waals surface area contributed by atoms with E-state index in [-0.39, 0.29) is 5.41 Å². The highest BCUT2D eigenvalue weighted by molar-refractivity contribution is 5.85. The molecule has 0 N–H and O–H groups in total. The predicted molar refractivity (Wildman–Crippen MR) is 54.3 cm³/mol. The molecule has 0 heterocycles. The lowest BCUT2D eigenvalue weighted by atomic mass is 9.77. The standard InChI is InChI=1S/C12H18O/c1-3-5-8-11(13)12(4-2)9-6-7-10-12/h1H,4-10H2,2H3. The number of carbonyl (C=O) groups is 1. The largest absolute Gasteiger partial charge is 0.299 e. The van der Waals surface area contributed by atoms with E-state index in [4.69, 9.17) is 6.42 Å². The van der Waals surface area contributed by atoms with Crippen molar-refractivity contribution in [3.05, 3.63) is 0 Å². The number of carbonyl (C=O) groups excluding carboxylic acids is 1. The van der Waals surface area contributed by atoms with Gasteiger partial charge in [-0.05, 0) is 19.3 Å². The summed E-state index contributed by atoms with van der Waals surface area (Å²) >= 11 is 0. The van der Waals surface area contributed by atoms with Gasteiger partial charge in [0.25, 0.3) is 0 Å². The normalized spacial score (nSPS) is 19.7. The molecule has 0 spiro atoms. The van der Waals surface area contributed by atoms with Gasteiger partial charge in [-0.3, -0.25) is 4.79 Å². The summed E-state index contributed by atoms with van der Waals surface area (Å²) in [5, 5.41) is 0. The quantitative estimate of drug-likeness (QED) is 0.605. The summed E-state index contributed by atoms with van der Waals surface area (Å²) in [5.41, 5.74) is 0.0108. The van der Waals surface area contributed by atoms with Gasteiger partial charge in [-0.25, -0.2) is 0 Å². The van der Waals surface area contributed by atoms with Crippen molar-refractivity contribution >= 4 is 5.78 Å². The minimum Gasteiger partial charge on any atom is -0.299 e. The lowest BCUT2D eigenvalue weighted by Gasteiger charge is -2.25. The molecule has 0 aliphatic heterocycles. The lowest BCUT2D eigenvalue weighted by Crippen LogP contribution is -2.26. The van der Waals surface area contributed by atoms with Gasteiger partial charge in [0.05, 0.1) is 0 Å². The topological polar surface area (TPSA) is 17.1 Å². The highest BCUT2D eigenvalue weighted by atomic mass is 16.1. The van der Waals surface area contributed by atoms with E-state index in [9.17, 15) is 4.79 Å². The van der Waals surface area contributed by atoms with Gasteiger partial charge in [-0.1, -0.05) is 19.8 Å². The predicted octanol–water partition coefficient (Wildman–Crippen LogP) is 2.94. The Bertz CT molecular complexity index is 216. The Labute approximate surface area is 80.9 Å². The van der Waals surface area contributed by atoms with E-state index in [0.29, 0.717) is 18.6 Å². The zero-order valence-electron chi connectivity index (χ0n) is 8.44. The van der Waals surface area contributed by atoms with E-state index in [1.165, 1.54) is 12.8 Å². The molecule has 13 heavy (non-hydrogen) atoms. The number of hydrogen-bond donors (Lipinski definition) is 0. The minimum absolute atomic E-state index is 0.0108. The third kappa shape index (κ3) is 2.12. The lowest BCUT2D eigenvalue weighted by molar-refractivity contribution is -0.128. The van der Waals surface area contributed by atoms with Crippen LogP contribution in [0, 0.1) is 17.8 Å². The van der Waals surface area contributed by atoms with Gasteiger partial charge in [0, 0.05) is 18.3 Å². The molecule has 0 bridgehead atoms. The molecule has 0 atom stereocenters. The number of rotatable bonds is 4. The van der Waals surface area contributed by atoms with Crippen LogP contribution in [0.2, 0.25) is 0 Å². The first-order chi connectivity index (χ1) is 6.25. The van der Waals surface area contributed by atoms with E-state index in [1.54, 1.807) is 0 Å². The average Bonchev–Trinajstić information content (AvgIpc) is 2.63. The van der Waals surface area contributed by atoms with E-state index in [2.05, 4.69) is 12.8 Å². The molecule has 1 nitrogen and oxygen atoms in total. The van der Waals surface area contributed by atoms with E-state index in [0.717, 1.165) is 19.3 Å². The first-order valence-corrected chi connectivity index (χ1v) is 5.22. The zero-order valence-corrected chi connectivity index (χ0v) is 8.44. The summed E-state index contributed by atoms with van der Waals surface area (Å²) in [6.07, 6.45) is 12.0. The van der Waals surface area contributed by atoms with Gasteiger partial charge in [-0.2, -0.15) is 0 Å². The average molecular weight is 178 g/mol. The monoisotopic (exact) mass is 178 g/mol. The maximum atomic E-state index is 11.9. The van der Waals surface area contributed by atoms with Crippen LogP contribution in [-0.2, 0) is 4.79 Å². The van der Waals surface area contributed by atoms with Crippen LogP contribution >= 0.6 is 0 Å². The van der Waals surface area contributed by atoms with Crippen molar-refractivity contribution in [3.8, 4) is 12.3 Å². The summed E-state index contributed by atoms with van der Waals surface area (Å²) in [7, 11) is 0. The number of hydrogen-bond acceptors (Lipinski definition) is 1. The van der Waals surface area contributed by atoms with Crippen molar-refractivity contribution in [2.75, 3.05) is 0 Å². The summed E-state index contributed by atoms with van der Waals surface area (Å²) in [6, 6.07) is 0. The van der Waals surface area contributed by atoms with Crippen LogP contribution in [0.3, 0.4) is 0 Å². The summed E-state index contributed by atoms with van der Waals surface area (Å²) in [6.45, 7) is 2.12. The molecular weight excluding hydrogens is 160 g/mol. The maximum absolute atomic E-state index is 11.9. The van der Waals surface area contributed by atoms with Crippen LogP contribution in [-0.4, -0.2) is 5.78 Å². The fourth-order valence-electron chi connectivity index (χ4n) is 2.33.